The van der Waals surface area contributed by atoms with Crippen LogP contribution in [0.15, 0.2) is 24.4 Å². The molecule has 0 radical (unpaired) electrons. The molecule has 0 spiro atoms. The lowest BCUT2D eigenvalue weighted by atomic mass is 9.99. The van der Waals surface area contributed by atoms with Crippen LogP contribution in [0.5, 0.6) is 0 Å². The number of carboxylic acids is 2. The van der Waals surface area contributed by atoms with Gasteiger partial charge in [-0.1, -0.05) is 6.07 Å². The predicted octanol–water partition coefficient (Wildman–Crippen LogP) is 3.58. The zero-order chi connectivity index (χ0) is 29.1. The molecule has 2 N–H and O–H groups in total. The molecule has 0 saturated carbocycles. The summed E-state index contributed by atoms with van der Waals surface area (Å²) in [6.07, 6.45) is -1.44. The molecular weight excluding hydrogens is 540 g/mol. The SMILES string of the molecule is O=C(O)C(F)(F)F.O=C(O)C(F)(F)F.c1ccc(CN2CC[C@@H]3O[C@@H](COCCN4CCCC4)CC[C@@H]32)nc1. The summed E-state index contributed by atoms with van der Waals surface area (Å²) in [5, 5.41) is 14.2. The highest BCUT2D eigenvalue weighted by molar-refractivity contribution is 5.73. The number of pyridine rings is 1. The Morgan fingerprint density at radius 2 is 1.59 bits per heavy atom. The van der Waals surface area contributed by atoms with Crippen LogP contribution in [0.3, 0.4) is 0 Å². The van der Waals surface area contributed by atoms with Gasteiger partial charge in [0.1, 0.15) is 0 Å². The van der Waals surface area contributed by atoms with Crippen molar-refractivity contribution in [3.05, 3.63) is 30.1 Å². The minimum absolute atomic E-state index is 0.287. The van der Waals surface area contributed by atoms with E-state index in [1.165, 1.54) is 32.4 Å². The summed E-state index contributed by atoms with van der Waals surface area (Å²) < 4.78 is 75.7. The number of aliphatic carboxylic acids is 2. The fraction of sp³-hybridized carbons (Fsp3) is 0.708. The maximum atomic E-state index is 10.6. The second kappa shape index (κ2) is 15.3. The van der Waals surface area contributed by atoms with E-state index in [1.54, 1.807) is 0 Å². The molecule has 0 unspecified atom stereocenters. The van der Waals surface area contributed by atoms with Crippen molar-refractivity contribution in [1.82, 2.24) is 14.8 Å². The van der Waals surface area contributed by atoms with Crippen LogP contribution in [-0.2, 0) is 25.6 Å². The third kappa shape index (κ3) is 12.1. The van der Waals surface area contributed by atoms with Crippen molar-refractivity contribution < 1.29 is 55.6 Å². The van der Waals surface area contributed by atoms with Gasteiger partial charge in [0, 0.05) is 31.9 Å². The molecule has 3 fully saturated rings. The Kier molecular flexibility index (Phi) is 12.9. The zero-order valence-corrected chi connectivity index (χ0v) is 21.2. The number of likely N-dealkylation sites (tertiary alicyclic amines) is 2. The van der Waals surface area contributed by atoms with Gasteiger partial charge in [-0.25, -0.2) is 9.59 Å². The van der Waals surface area contributed by atoms with E-state index in [0.29, 0.717) is 12.1 Å². The van der Waals surface area contributed by atoms with Crippen molar-refractivity contribution in [2.45, 2.75) is 69.3 Å². The molecule has 0 aromatic carbocycles. The average molecular weight is 574 g/mol. The topological polar surface area (TPSA) is 112 Å². The van der Waals surface area contributed by atoms with Crippen molar-refractivity contribution in [2.75, 3.05) is 39.4 Å². The fourth-order valence-corrected chi connectivity index (χ4v) is 4.52. The number of hydrogen-bond acceptors (Lipinski definition) is 7. The molecule has 4 heterocycles. The van der Waals surface area contributed by atoms with Gasteiger partial charge in [0.2, 0.25) is 0 Å². The Hall–Kier alpha value is -2.49. The van der Waals surface area contributed by atoms with E-state index in [0.717, 1.165) is 51.4 Å². The number of carbonyl (C=O) groups is 2. The van der Waals surface area contributed by atoms with Gasteiger partial charge >= 0.3 is 24.3 Å². The van der Waals surface area contributed by atoms with Crippen LogP contribution in [0, 0.1) is 0 Å². The fourth-order valence-electron chi connectivity index (χ4n) is 4.52. The molecule has 0 aliphatic carbocycles. The molecule has 1 aromatic rings. The minimum atomic E-state index is -5.08. The van der Waals surface area contributed by atoms with Crippen molar-refractivity contribution >= 4 is 11.9 Å². The minimum Gasteiger partial charge on any atom is -0.475 e. The Balaban J connectivity index is 0.000000317. The number of hydrogen-bond donors (Lipinski definition) is 2. The first-order valence-electron chi connectivity index (χ1n) is 12.5. The molecule has 9 nitrogen and oxygen atoms in total. The van der Waals surface area contributed by atoms with Crippen LogP contribution in [0.4, 0.5) is 26.3 Å². The van der Waals surface area contributed by atoms with E-state index in [9.17, 15) is 26.3 Å². The molecule has 222 valence electrons. The summed E-state index contributed by atoms with van der Waals surface area (Å²) in [7, 11) is 0. The molecule has 15 heteroatoms. The molecule has 0 amide bonds. The first kappa shape index (κ1) is 32.7. The number of fused-ring (bicyclic) bond motifs is 1. The van der Waals surface area contributed by atoms with E-state index in [4.69, 9.17) is 29.3 Å². The van der Waals surface area contributed by atoms with Gasteiger partial charge in [-0.15, -0.1) is 0 Å². The zero-order valence-electron chi connectivity index (χ0n) is 21.2. The molecule has 3 atom stereocenters. The monoisotopic (exact) mass is 573 g/mol. The Bertz CT molecular complexity index is 859. The third-order valence-electron chi connectivity index (χ3n) is 6.38. The molecule has 1 aromatic heterocycles. The number of halogens is 6. The lowest BCUT2D eigenvalue weighted by Gasteiger charge is -2.36. The molecule has 4 rings (SSSR count). The van der Waals surface area contributed by atoms with Crippen LogP contribution in [0.2, 0.25) is 0 Å². The normalized spacial score (nSPS) is 23.7. The molecule has 0 bridgehead atoms. The molecular formula is C24H33F6N3O6. The van der Waals surface area contributed by atoms with Gasteiger partial charge in [0.05, 0.1) is 31.1 Å². The summed E-state index contributed by atoms with van der Waals surface area (Å²) in [6.45, 7) is 7.25. The highest BCUT2D eigenvalue weighted by Gasteiger charge is 2.40. The summed E-state index contributed by atoms with van der Waals surface area (Å²) in [5.41, 5.74) is 1.16. The van der Waals surface area contributed by atoms with Gasteiger partial charge in [0.25, 0.3) is 0 Å². The van der Waals surface area contributed by atoms with E-state index in [1.807, 2.05) is 12.3 Å². The third-order valence-corrected chi connectivity index (χ3v) is 6.38. The lowest BCUT2D eigenvalue weighted by molar-refractivity contribution is -0.193. The second-order valence-corrected chi connectivity index (χ2v) is 9.25. The van der Waals surface area contributed by atoms with Crippen LogP contribution in [0.25, 0.3) is 0 Å². The summed E-state index contributed by atoms with van der Waals surface area (Å²) >= 11 is 0. The van der Waals surface area contributed by atoms with Gasteiger partial charge in [-0.3, -0.25) is 9.88 Å². The molecule has 39 heavy (non-hydrogen) atoms. The van der Waals surface area contributed by atoms with Crippen LogP contribution in [-0.4, -0.2) is 107 Å². The lowest BCUT2D eigenvalue weighted by Crippen LogP contribution is -2.43. The first-order valence-corrected chi connectivity index (χ1v) is 12.5. The van der Waals surface area contributed by atoms with Crippen molar-refractivity contribution in [3.8, 4) is 0 Å². The number of carboxylic acid groups (broad SMARTS) is 2. The highest BCUT2D eigenvalue weighted by Crippen LogP contribution is 2.32. The van der Waals surface area contributed by atoms with Gasteiger partial charge < -0.3 is 24.6 Å². The van der Waals surface area contributed by atoms with Crippen LogP contribution >= 0.6 is 0 Å². The Labute approximate surface area is 221 Å². The van der Waals surface area contributed by atoms with Crippen LogP contribution < -0.4 is 0 Å². The number of ether oxygens (including phenoxy) is 2. The maximum absolute atomic E-state index is 10.6. The summed E-state index contributed by atoms with van der Waals surface area (Å²) in [5.74, 6) is -5.51. The van der Waals surface area contributed by atoms with Crippen molar-refractivity contribution in [2.24, 2.45) is 0 Å². The highest BCUT2D eigenvalue weighted by atomic mass is 19.4. The summed E-state index contributed by atoms with van der Waals surface area (Å²) in [6, 6.07) is 6.73. The quantitative estimate of drug-likeness (QED) is 0.373. The largest absolute Gasteiger partial charge is 0.490 e. The molecule has 3 aliphatic heterocycles. The van der Waals surface area contributed by atoms with E-state index in [-0.39, 0.29) is 6.10 Å². The predicted molar refractivity (Wildman–Crippen MR) is 125 cm³/mol. The molecule has 3 saturated heterocycles. The number of nitrogens with zero attached hydrogens (tertiary/aromatic N) is 3. The standard InChI is InChI=1S/C20H31N3O2.2C2HF3O2/c1-2-9-21-17(5-1)15-23-12-8-20-19(23)7-6-18(25-20)16-24-14-13-22-10-3-4-11-22;2*3-2(4,5)1(6)7/h1-2,5,9,18-20H,3-4,6-8,10-16H2;2*(H,6,7)/t18-,19+,20+;;/m1../s1. The number of alkyl halides is 6. The summed E-state index contributed by atoms with van der Waals surface area (Å²) in [4.78, 5) is 27.3. The van der Waals surface area contributed by atoms with Crippen LogP contribution in [0.1, 0.15) is 37.8 Å². The number of aromatic nitrogens is 1. The molecule has 3 aliphatic rings. The smallest absolute Gasteiger partial charge is 0.475 e. The second-order valence-electron chi connectivity index (χ2n) is 9.25. The van der Waals surface area contributed by atoms with Crippen molar-refractivity contribution in [3.63, 3.8) is 0 Å². The van der Waals surface area contributed by atoms with E-state index in [2.05, 4.69) is 26.9 Å². The maximum Gasteiger partial charge on any atom is 0.490 e. The Morgan fingerprint density at radius 1 is 0.974 bits per heavy atom. The Morgan fingerprint density at radius 3 is 2.13 bits per heavy atom. The van der Waals surface area contributed by atoms with E-state index >= 15 is 0 Å². The van der Waals surface area contributed by atoms with Gasteiger partial charge in [0.15, 0.2) is 0 Å². The van der Waals surface area contributed by atoms with Gasteiger partial charge in [-0.05, 0) is 57.3 Å². The van der Waals surface area contributed by atoms with Gasteiger partial charge in [-0.2, -0.15) is 26.3 Å². The average Bonchev–Trinajstić information content (AvgIpc) is 3.52. The van der Waals surface area contributed by atoms with Crippen molar-refractivity contribution in [1.29, 1.82) is 0 Å². The number of rotatable bonds is 7. The van der Waals surface area contributed by atoms with E-state index < -0.39 is 24.3 Å². The first-order chi connectivity index (χ1) is 18.3.